The van der Waals surface area contributed by atoms with Gasteiger partial charge in [-0.05, 0) is 41.6 Å². The number of hydrogen-bond acceptors (Lipinski definition) is 4. The third kappa shape index (κ3) is 5.52. The second-order valence-corrected chi connectivity index (χ2v) is 15.9. The molecule has 2 atom stereocenters. The molecular weight excluding hydrogens is 394 g/mol. The first-order valence-corrected chi connectivity index (χ1v) is 13.7. The summed E-state index contributed by atoms with van der Waals surface area (Å²) in [5.41, 5.74) is -0.554. The van der Waals surface area contributed by atoms with Crippen LogP contribution in [0.15, 0.2) is 30.3 Å². The molecule has 1 aromatic carbocycles. The summed E-state index contributed by atoms with van der Waals surface area (Å²) in [4.78, 5) is 28.2. The normalized spacial score (nSPS) is 21.6. The van der Waals surface area contributed by atoms with E-state index in [0.717, 1.165) is 5.56 Å². The molecule has 1 aliphatic rings. The summed E-state index contributed by atoms with van der Waals surface area (Å²) in [6.07, 6.45) is 0.119. The molecule has 0 bridgehead atoms. The van der Waals surface area contributed by atoms with Gasteiger partial charge in [0, 0.05) is 19.6 Å². The zero-order valence-electron chi connectivity index (χ0n) is 20.2. The van der Waals surface area contributed by atoms with E-state index in [2.05, 4.69) is 33.9 Å². The molecule has 0 aliphatic carbocycles. The summed E-state index contributed by atoms with van der Waals surface area (Å²) >= 11 is 0. The molecule has 1 fully saturated rings. The number of carbonyl (C=O) groups excluding carboxylic acids is 2. The van der Waals surface area contributed by atoms with Gasteiger partial charge in [0.2, 0.25) is 5.91 Å². The van der Waals surface area contributed by atoms with Gasteiger partial charge in [0.15, 0.2) is 0 Å². The number of hydrogen-bond donors (Lipinski definition) is 0. The summed E-state index contributed by atoms with van der Waals surface area (Å²) in [7, 11) is -2.10. The van der Waals surface area contributed by atoms with Crippen molar-refractivity contribution in [2.45, 2.75) is 84.7 Å². The maximum atomic E-state index is 13.3. The van der Waals surface area contributed by atoms with Crippen LogP contribution in [0.4, 0.5) is 0 Å². The Labute approximate surface area is 183 Å². The molecule has 2 rings (SSSR count). The first kappa shape index (κ1) is 24.6. The van der Waals surface area contributed by atoms with Crippen LogP contribution in [0.3, 0.4) is 0 Å². The number of benzene rings is 1. The Morgan fingerprint density at radius 1 is 1.13 bits per heavy atom. The number of nitrogens with zero attached hydrogens (tertiary/aromatic N) is 1. The van der Waals surface area contributed by atoms with Gasteiger partial charge in [-0.15, -0.1) is 18.1 Å². The van der Waals surface area contributed by atoms with Crippen molar-refractivity contribution in [2.24, 2.45) is 5.41 Å². The second kappa shape index (κ2) is 8.46. The van der Waals surface area contributed by atoms with Crippen molar-refractivity contribution in [3.63, 3.8) is 0 Å². The summed E-state index contributed by atoms with van der Waals surface area (Å²) in [5.74, 6) is -0.374. The van der Waals surface area contributed by atoms with Crippen LogP contribution in [0.25, 0.3) is 0 Å². The van der Waals surface area contributed by atoms with Gasteiger partial charge in [0.05, 0.1) is 6.04 Å². The third-order valence-electron chi connectivity index (χ3n) is 6.38. The molecule has 169 valence electrons. The molecule has 0 N–H and O–H groups in total. The average molecular weight is 434 g/mol. The number of ether oxygens (including phenoxy) is 1. The predicted octanol–water partition coefficient (Wildman–Crippen LogP) is 5.33. The van der Waals surface area contributed by atoms with Crippen molar-refractivity contribution in [3.8, 4) is 0 Å². The molecule has 1 heterocycles. The van der Waals surface area contributed by atoms with E-state index in [1.165, 1.54) is 0 Å². The Hall–Kier alpha value is -1.66. The molecule has 5 nitrogen and oxygen atoms in total. The Morgan fingerprint density at radius 3 is 2.20 bits per heavy atom. The van der Waals surface area contributed by atoms with Crippen molar-refractivity contribution in [3.05, 3.63) is 35.9 Å². The zero-order valence-corrected chi connectivity index (χ0v) is 21.2. The molecule has 0 spiro atoms. The lowest BCUT2D eigenvalue weighted by Crippen LogP contribution is -2.48. The van der Waals surface area contributed by atoms with Crippen LogP contribution < -0.4 is 0 Å². The highest BCUT2D eigenvalue weighted by atomic mass is 28.4. The van der Waals surface area contributed by atoms with Crippen molar-refractivity contribution in [1.29, 1.82) is 0 Å². The van der Waals surface area contributed by atoms with E-state index in [9.17, 15) is 9.59 Å². The smallest absolute Gasteiger partial charge is 0.317 e. The van der Waals surface area contributed by atoms with Gasteiger partial charge in [0.25, 0.3) is 0 Å². The Balaban J connectivity index is 2.33. The van der Waals surface area contributed by atoms with Gasteiger partial charge in [-0.2, -0.15) is 0 Å². The summed E-state index contributed by atoms with van der Waals surface area (Å²) < 4.78 is 12.2. The fraction of sp³-hybridized carbons (Fsp3) is 0.667. The van der Waals surface area contributed by atoms with Crippen LogP contribution in [-0.4, -0.2) is 43.8 Å². The Kier molecular flexibility index (Phi) is 6.94. The number of amides is 1. The third-order valence-corrected chi connectivity index (χ3v) is 10.9. The molecule has 6 heteroatoms. The van der Waals surface area contributed by atoms with Gasteiger partial charge < -0.3 is 14.1 Å². The minimum atomic E-state index is -2.10. The van der Waals surface area contributed by atoms with Crippen LogP contribution in [-0.2, 0) is 18.8 Å². The van der Waals surface area contributed by atoms with Crippen LogP contribution in [0, 0.1) is 5.41 Å². The van der Waals surface area contributed by atoms with Crippen molar-refractivity contribution in [2.75, 3.05) is 13.2 Å². The maximum absolute atomic E-state index is 13.3. The molecule has 1 aliphatic heterocycles. The number of rotatable bonds is 6. The largest absolute Gasteiger partial charge is 0.564 e. The SMILES string of the molecule is C[C@H](c1ccccc1)N1C[C@@](CO[Si-](C)(C)C(C)(C)C)(C(=O)OC(C)(C)C)CC1=O. The van der Waals surface area contributed by atoms with Gasteiger partial charge >= 0.3 is 5.97 Å². The minimum absolute atomic E-state index is 0.0156. The number of esters is 1. The van der Waals surface area contributed by atoms with Crippen molar-refractivity contribution in [1.82, 2.24) is 4.90 Å². The first-order valence-electron chi connectivity index (χ1n) is 10.8. The van der Waals surface area contributed by atoms with E-state index >= 15 is 0 Å². The van der Waals surface area contributed by atoms with E-state index < -0.39 is 19.3 Å². The van der Waals surface area contributed by atoms with Crippen molar-refractivity contribution < 1.29 is 18.8 Å². The lowest BCUT2D eigenvalue weighted by atomic mass is 9.87. The van der Waals surface area contributed by atoms with Crippen LogP contribution in [0.1, 0.15) is 66.5 Å². The van der Waals surface area contributed by atoms with E-state index in [1.807, 2.05) is 58.0 Å². The average Bonchev–Trinajstić information content (AvgIpc) is 2.96. The van der Waals surface area contributed by atoms with E-state index in [-0.39, 0.29) is 36.0 Å². The molecule has 0 aromatic heterocycles. The molecule has 1 saturated heterocycles. The highest BCUT2D eigenvalue weighted by molar-refractivity contribution is 6.74. The highest BCUT2D eigenvalue weighted by Crippen LogP contribution is 2.42. The molecular formula is C24H39NO4Si-. The van der Waals surface area contributed by atoms with Gasteiger partial charge in [0.1, 0.15) is 11.0 Å². The maximum Gasteiger partial charge on any atom is 0.317 e. The second-order valence-electron chi connectivity index (χ2n) is 11.1. The first-order chi connectivity index (χ1) is 13.6. The van der Waals surface area contributed by atoms with Crippen LogP contribution in [0.5, 0.6) is 0 Å². The van der Waals surface area contributed by atoms with Crippen molar-refractivity contribution >= 4 is 20.2 Å². The molecule has 1 amide bonds. The molecule has 0 unspecified atom stereocenters. The summed E-state index contributed by atoms with van der Waals surface area (Å²) in [6.45, 7) is 18.9. The Bertz CT molecular complexity index is 764. The Morgan fingerprint density at radius 2 is 1.70 bits per heavy atom. The van der Waals surface area contributed by atoms with Crippen LogP contribution in [0.2, 0.25) is 18.1 Å². The van der Waals surface area contributed by atoms with Gasteiger partial charge in [-0.25, -0.2) is 0 Å². The van der Waals surface area contributed by atoms with E-state index in [1.54, 1.807) is 4.90 Å². The van der Waals surface area contributed by atoms with Gasteiger partial charge in [-0.3, -0.25) is 9.59 Å². The highest BCUT2D eigenvalue weighted by Gasteiger charge is 2.52. The molecule has 1 aromatic rings. The minimum Gasteiger partial charge on any atom is -0.564 e. The monoisotopic (exact) mass is 433 g/mol. The van der Waals surface area contributed by atoms with E-state index in [0.29, 0.717) is 6.54 Å². The predicted molar refractivity (Wildman–Crippen MR) is 123 cm³/mol. The van der Waals surface area contributed by atoms with Crippen LogP contribution >= 0.6 is 0 Å². The number of carbonyl (C=O) groups is 2. The topological polar surface area (TPSA) is 55.8 Å². The molecule has 0 radical (unpaired) electrons. The fourth-order valence-corrected chi connectivity index (χ4v) is 4.41. The quantitative estimate of drug-likeness (QED) is 0.449. The summed E-state index contributed by atoms with van der Waals surface area (Å²) in [5, 5.41) is 0.0156. The summed E-state index contributed by atoms with van der Waals surface area (Å²) in [6, 6.07) is 9.80. The molecule has 30 heavy (non-hydrogen) atoms. The van der Waals surface area contributed by atoms with E-state index in [4.69, 9.17) is 9.16 Å². The standard InChI is InChI=1S/C24H39NO4Si/c1-18(19-13-11-10-12-14-19)25-16-24(15-20(25)26,21(27)29-22(2,3)4)17-28-30(8,9)23(5,6)7/h10-14,18H,15-17H2,1-9H3/q-1/t18-,24+/m1/s1. The lowest BCUT2D eigenvalue weighted by Gasteiger charge is -2.50. The fourth-order valence-electron chi connectivity index (χ4n) is 3.34. The molecule has 0 saturated carbocycles. The number of likely N-dealkylation sites (tertiary alicyclic amines) is 1. The van der Waals surface area contributed by atoms with Gasteiger partial charge in [-0.1, -0.05) is 51.1 Å². The lowest BCUT2D eigenvalue weighted by molar-refractivity contribution is -0.169. The zero-order chi connectivity index (χ0) is 23.0.